The third-order valence-electron chi connectivity index (χ3n) is 4.65. The molecule has 0 radical (unpaired) electrons. The van der Waals surface area contributed by atoms with Gasteiger partial charge in [0.2, 0.25) is 5.01 Å². The van der Waals surface area contributed by atoms with Crippen LogP contribution in [0.25, 0.3) is 21.5 Å². The van der Waals surface area contributed by atoms with Gasteiger partial charge in [-0.2, -0.15) is 0 Å². The highest BCUT2D eigenvalue weighted by molar-refractivity contribution is 7.19. The Morgan fingerprint density at radius 2 is 1.33 bits per heavy atom. The average Bonchev–Trinajstić information content (AvgIpc) is 3.09. The SMILES string of the molecule is F[B-]1(F)OC(c2ccccc2)=C(c2ccccc2)c2sc3ccccc3[n+]21. The molecular weight excluding hydrogens is 363 g/mol. The number of fused-ring (bicyclic) bond motifs is 3. The van der Waals surface area contributed by atoms with Crippen LogP contribution in [0, 0.1) is 0 Å². The fraction of sp³-hybridized carbons (Fsp3) is 0. The first-order valence-electron chi connectivity index (χ1n) is 8.64. The topological polar surface area (TPSA) is 13.1 Å². The smallest absolute Gasteiger partial charge is 0.598 e. The van der Waals surface area contributed by atoms with Gasteiger partial charge in [-0.05, 0) is 11.6 Å². The van der Waals surface area contributed by atoms with Crippen LogP contribution in [0.15, 0.2) is 84.9 Å². The van der Waals surface area contributed by atoms with Crippen molar-refractivity contribution in [1.82, 2.24) is 0 Å². The van der Waals surface area contributed by atoms with Gasteiger partial charge in [0.25, 0.3) is 0 Å². The molecule has 4 aromatic rings. The number of para-hydroxylation sites is 1. The molecule has 0 saturated carbocycles. The van der Waals surface area contributed by atoms with Crippen molar-refractivity contribution in [2.75, 3.05) is 0 Å². The molecule has 0 bridgehead atoms. The normalized spacial score (nSPS) is 15.5. The van der Waals surface area contributed by atoms with Crippen molar-refractivity contribution in [3.05, 3.63) is 101 Å². The van der Waals surface area contributed by atoms with Crippen LogP contribution in [0.2, 0.25) is 0 Å². The zero-order valence-electron chi connectivity index (χ0n) is 14.2. The van der Waals surface area contributed by atoms with Gasteiger partial charge >= 0.3 is 7.04 Å². The highest BCUT2D eigenvalue weighted by Crippen LogP contribution is 2.41. The van der Waals surface area contributed by atoms with Crippen molar-refractivity contribution >= 4 is 39.9 Å². The molecule has 2 nitrogen and oxygen atoms in total. The number of nitrogens with zero attached hydrogens (tertiary/aromatic N) is 1. The molecule has 0 atom stereocenters. The third-order valence-corrected chi connectivity index (χ3v) is 5.81. The number of hydrogen-bond acceptors (Lipinski definition) is 2. The fourth-order valence-electron chi connectivity index (χ4n) is 3.49. The maximum Gasteiger partial charge on any atom is 0.835 e. The standard InChI is InChI=1S/C21H14BF2NOS/c23-22(24)25-17-13-7-8-14-18(17)27-21(25)19(15-9-3-1-4-10-15)20(26-22)16-11-5-2-6-12-16/h1-14H. The Morgan fingerprint density at radius 3 is 2.04 bits per heavy atom. The van der Waals surface area contributed by atoms with E-state index in [4.69, 9.17) is 4.65 Å². The van der Waals surface area contributed by atoms with Crippen LogP contribution in [-0.2, 0) is 4.65 Å². The molecule has 0 aliphatic carbocycles. The first-order valence-corrected chi connectivity index (χ1v) is 9.46. The van der Waals surface area contributed by atoms with Gasteiger partial charge in [-0.3, -0.25) is 4.48 Å². The predicted molar refractivity (Wildman–Crippen MR) is 105 cm³/mol. The zero-order valence-corrected chi connectivity index (χ0v) is 15.0. The van der Waals surface area contributed by atoms with E-state index in [1.54, 1.807) is 24.3 Å². The molecule has 27 heavy (non-hydrogen) atoms. The van der Waals surface area contributed by atoms with E-state index >= 15 is 8.63 Å². The molecule has 0 amide bonds. The molecule has 132 valence electrons. The molecule has 5 rings (SSSR count). The largest absolute Gasteiger partial charge is 0.835 e. The maximum absolute atomic E-state index is 15.2. The summed E-state index contributed by atoms with van der Waals surface area (Å²) in [5.41, 5.74) is 2.67. The zero-order chi connectivity index (χ0) is 18.4. The van der Waals surface area contributed by atoms with E-state index in [0.717, 1.165) is 14.7 Å². The second kappa shape index (κ2) is 6.03. The molecular formula is C21H14BF2NOS. The summed E-state index contributed by atoms with van der Waals surface area (Å²) in [6.45, 7) is 0. The Morgan fingerprint density at radius 1 is 0.741 bits per heavy atom. The van der Waals surface area contributed by atoms with Gasteiger partial charge in [0.15, 0.2) is 5.52 Å². The number of rotatable bonds is 2. The second-order valence-corrected chi connectivity index (χ2v) is 7.39. The summed E-state index contributed by atoms with van der Waals surface area (Å²) in [5, 5.41) is 0.512. The van der Waals surface area contributed by atoms with Crippen LogP contribution in [0.5, 0.6) is 0 Å². The summed E-state index contributed by atoms with van der Waals surface area (Å²) in [7, 11) is -4.24. The summed E-state index contributed by atoms with van der Waals surface area (Å²) in [5.74, 6) is 0.221. The predicted octanol–water partition coefficient (Wildman–Crippen LogP) is 5.36. The molecule has 0 fully saturated rings. The van der Waals surface area contributed by atoms with Gasteiger partial charge < -0.3 is 13.3 Å². The van der Waals surface area contributed by atoms with Gasteiger partial charge in [0.05, 0.1) is 16.0 Å². The van der Waals surface area contributed by atoms with Gasteiger partial charge in [-0.15, -0.1) is 0 Å². The molecule has 1 aromatic heterocycles. The lowest BCUT2D eigenvalue weighted by Crippen LogP contribution is -2.63. The minimum atomic E-state index is -4.24. The molecule has 0 saturated heterocycles. The first-order chi connectivity index (χ1) is 13.1. The second-order valence-electron chi connectivity index (χ2n) is 6.36. The van der Waals surface area contributed by atoms with Crippen molar-refractivity contribution < 1.29 is 17.8 Å². The summed E-state index contributed by atoms with van der Waals surface area (Å²) in [6, 6.07) is 25.9. The lowest BCUT2D eigenvalue weighted by atomic mass is 9.93. The molecule has 2 heterocycles. The molecule has 3 aromatic carbocycles. The number of thiazole rings is 1. The van der Waals surface area contributed by atoms with Gasteiger partial charge in [-0.25, -0.2) is 0 Å². The van der Waals surface area contributed by atoms with Crippen LogP contribution in [0.4, 0.5) is 8.63 Å². The van der Waals surface area contributed by atoms with E-state index in [1.165, 1.54) is 11.3 Å². The Balaban J connectivity index is 1.90. The Bertz CT molecular complexity index is 1170. The van der Waals surface area contributed by atoms with Crippen LogP contribution in [-0.4, -0.2) is 7.04 Å². The van der Waals surface area contributed by atoms with E-state index in [0.29, 0.717) is 21.7 Å². The van der Waals surface area contributed by atoms with Crippen molar-refractivity contribution in [3.63, 3.8) is 0 Å². The third kappa shape index (κ3) is 2.56. The first kappa shape index (κ1) is 16.2. The van der Waals surface area contributed by atoms with E-state index < -0.39 is 7.04 Å². The summed E-state index contributed by atoms with van der Waals surface area (Å²) in [6.07, 6.45) is 0. The molecule has 0 unspecified atom stereocenters. The van der Waals surface area contributed by atoms with Crippen molar-refractivity contribution in [3.8, 4) is 0 Å². The van der Waals surface area contributed by atoms with Crippen LogP contribution in [0.1, 0.15) is 16.1 Å². The number of halogens is 2. The van der Waals surface area contributed by atoms with Gasteiger partial charge in [0.1, 0.15) is 0 Å². The molecule has 0 N–H and O–H groups in total. The van der Waals surface area contributed by atoms with E-state index in [9.17, 15) is 0 Å². The lowest BCUT2D eigenvalue weighted by Gasteiger charge is -2.30. The quantitative estimate of drug-likeness (QED) is 0.429. The Hall–Kier alpha value is -2.99. The Kier molecular flexibility index (Phi) is 3.62. The van der Waals surface area contributed by atoms with Gasteiger partial charge in [-0.1, -0.05) is 84.1 Å². The average molecular weight is 377 g/mol. The maximum atomic E-state index is 15.2. The van der Waals surface area contributed by atoms with Crippen LogP contribution < -0.4 is 4.48 Å². The van der Waals surface area contributed by atoms with E-state index in [2.05, 4.69) is 0 Å². The number of aromatic nitrogens is 1. The van der Waals surface area contributed by atoms with Gasteiger partial charge in [0, 0.05) is 11.6 Å². The summed E-state index contributed by atoms with van der Waals surface area (Å²) < 4.78 is 37.6. The summed E-state index contributed by atoms with van der Waals surface area (Å²) in [4.78, 5) is 0. The highest BCUT2D eigenvalue weighted by atomic mass is 32.1. The van der Waals surface area contributed by atoms with E-state index in [1.807, 2.05) is 60.7 Å². The van der Waals surface area contributed by atoms with Crippen molar-refractivity contribution in [1.29, 1.82) is 0 Å². The minimum absolute atomic E-state index is 0.221. The van der Waals surface area contributed by atoms with Crippen LogP contribution in [0.3, 0.4) is 0 Å². The van der Waals surface area contributed by atoms with E-state index in [-0.39, 0.29) is 5.76 Å². The summed E-state index contributed by atoms with van der Waals surface area (Å²) >= 11 is 1.36. The molecule has 1 aliphatic heterocycles. The Labute approximate surface area is 159 Å². The van der Waals surface area contributed by atoms with Crippen molar-refractivity contribution in [2.45, 2.75) is 0 Å². The highest BCUT2D eigenvalue weighted by Gasteiger charge is 2.54. The number of benzene rings is 3. The molecule has 6 heteroatoms. The lowest BCUT2D eigenvalue weighted by molar-refractivity contribution is -0.552. The number of hydrogen-bond donors (Lipinski definition) is 0. The minimum Gasteiger partial charge on any atom is -0.598 e. The fourth-order valence-corrected chi connectivity index (χ4v) is 4.74. The molecule has 0 spiro atoms. The monoisotopic (exact) mass is 377 g/mol. The van der Waals surface area contributed by atoms with Crippen molar-refractivity contribution in [2.24, 2.45) is 0 Å². The molecule has 1 aliphatic rings. The van der Waals surface area contributed by atoms with Crippen LogP contribution >= 0.6 is 11.3 Å².